The van der Waals surface area contributed by atoms with E-state index in [9.17, 15) is 10.1 Å². The fourth-order valence-corrected chi connectivity index (χ4v) is 1.01. The molecule has 0 heterocycles. The maximum absolute atomic E-state index is 10.5. The Bertz CT molecular complexity index is 404. The molecule has 0 unspecified atom stereocenters. The summed E-state index contributed by atoms with van der Waals surface area (Å²) in [6.45, 7) is 0.571. The standard InChI is InChI=1S/C11H11NO3/c1-15-8-3-2-5-10-6-4-7-11(9-10)12(13)14/h4,6-7,9H,3,8H2,1H3. The first kappa shape index (κ1) is 11.2. The van der Waals surface area contributed by atoms with Crippen molar-refractivity contribution in [1.82, 2.24) is 0 Å². The third kappa shape index (κ3) is 3.79. The van der Waals surface area contributed by atoms with Crippen molar-refractivity contribution in [1.29, 1.82) is 0 Å². The molecule has 0 spiro atoms. The summed E-state index contributed by atoms with van der Waals surface area (Å²) in [5.74, 6) is 5.71. The monoisotopic (exact) mass is 205 g/mol. The number of nitrogens with zero attached hydrogens (tertiary/aromatic N) is 1. The molecule has 0 saturated carbocycles. The lowest BCUT2D eigenvalue weighted by molar-refractivity contribution is -0.384. The van der Waals surface area contributed by atoms with Gasteiger partial charge in [0.1, 0.15) is 0 Å². The van der Waals surface area contributed by atoms with Crippen molar-refractivity contribution in [2.75, 3.05) is 13.7 Å². The number of rotatable bonds is 3. The van der Waals surface area contributed by atoms with Crippen LogP contribution in [0.25, 0.3) is 0 Å². The van der Waals surface area contributed by atoms with Gasteiger partial charge in [-0.15, -0.1) is 0 Å². The third-order valence-corrected chi connectivity index (χ3v) is 1.72. The van der Waals surface area contributed by atoms with Crippen LogP contribution in [-0.2, 0) is 4.74 Å². The molecular weight excluding hydrogens is 194 g/mol. The van der Waals surface area contributed by atoms with Gasteiger partial charge in [0.15, 0.2) is 0 Å². The van der Waals surface area contributed by atoms with Gasteiger partial charge >= 0.3 is 0 Å². The summed E-state index contributed by atoms with van der Waals surface area (Å²) in [4.78, 5) is 10.0. The molecule has 0 saturated heterocycles. The van der Waals surface area contributed by atoms with E-state index in [2.05, 4.69) is 11.8 Å². The first-order valence-electron chi connectivity index (χ1n) is 4.46. The number of nitro benzene ring substituents is 1. The van der Waals surface area contributed by atoms with Crippen molar-refractivity contribution in [3.8, 4) is 11.8 Å². The molecule has 1 rings (SSSR count). The van der Waals surface area contributed by atoms with Crippen molar-refractivity contribution < 1.29 is 9.66 Å². The maximum Gasteiger partial charge on any atom is 0.270 e. The van der Waals surface area contributed by atoms with Crippen LogP contribution in [0, 0.1) is 22.0 Å². The Kier molecular flexibility index (Phi) is 4.32. The topological polar surface area (TPSA) is 52.4 Å². The fourth-order valence-electron chi connectivity index (χ4n) is 1.01. The summed E-state index contributed by atoms with van der Waals surface area (Å²) in [7, 11) is 1.61. The van der Waals surface area contributed by atoms with E-state index in [1.54, 1.807) is 19.2 Å². The number of benzene rings is 1. The summed E-state index contributed by atoms with van der Waals surface area (Å²) in [6.07, 6.45) is 0.624. The van der Waals surface area contributed by atoms with Crippen molar-refractivity contribution in [2.45, 2.75) is 6.42 Å². The minimum atomic E-state index is -0.430. The Balaban J connectivity index is 2.72. The van der Waals surface area contributed by atoms with Gasteiger partial charge in [-0.2, -0.15) is 0 Å². The lowest BCUT2D eigenvalue weighted by atomic mass is 10.2. The first-order valence-corrected chi connectivity index (χ1v) is 4.46. The van der Waals surface area contributed by atoms with E-state index in [-0.39, 0.29) is 5.69 Å². The van der Waals surface area contributed by atoms with Crippen LogP contribution in [-0.4, -0.2) is 18.6 Å². The van der Waals surface area contributed by atoms with E-state index >= 15 is 0 Å². The highest BCUT2D eigenvalue weighted by atomic mass is 16.6. The summed E-state index contributed by atoms with van der Waals surface area (Å²) < 4.78 is 4.83. The normalized spacial score (nSPS) is 9.13. The van der Waals surface area contributed by atoms with Crippen LogP contribution in [0.15, 0.2) is 24.3 Å². The highest BCUT2D eigenvalue weighted by molar-refractivity contribution is 5.42. The first-order chi connectivity index (χ1) is 7.24. The van der Waals surface area contributed by atoms with Crippen LogP contribution >= 0.6 is 0 Å². The second kappa shape index (κ2) is 5.78. The second-order valence-corrected chi connectivity index (χ2v) is 2.85. The predicted octanol–water partition coefficient (Wildman–Crippen LogP) is 1.98. The highest BCUT2D eigenvalue weighted by Crippen LogP contribution is 2.11. The van der Waals surface area contributed by atoms with Crippen LogP contribution < -0.4 is 0 Å². The van der Waals surface area contributed by atoms with Gasteiger partial charge in [0.25, 0.3) is 5.69 Å². The highest BCUT2D eigenvalue weighted by Gasteiger charge is 2.03. The average molecular weight is 205 g/mol. The molecule has 0 aromatic heterocycles. The minimum absolute atomic E-state index is 0.0635. The van der Waals surface area contributed by atoms with E-state index in [1.807, 2.05) is 0 Å². The summed E-state index contributed by atoms with van der Waals surface area (Å²) in [5, 5.41) is 10.5. The molecule has 0 amide bonds. The molecule has 0 aliphatic heterocycles. The molecule has 1 aromatic rings. The van der Waals surface area contributed by atoms with Gasteiger partial charge in [-0.05, 0) is 6.07 Å². The molecule has 1 aromatic carbocycles. The molecule has 0 aliphatic rings. The van der Waals surface area contributed by atoms with E-state index in [0.717, 1.165) is 0 Å². The third-order valence-electron chi connectivity index (χ3n) is 1.72. The molecule has 0 radical (unpaired) electrons. The molecule has 0 N–H and O–H groups in total. The number of hydrogen-bond donors (Lipinski definition) is 0. The van der Waals surface area contributed by atoms with Crippen molar-refractivity contribution in [2.24, 2.45) is 0 Å². The van der Waals surface area contributed by atoms with Crippen molar-refractivity contribution in [3.63, 3.8) is 0 Å². The fraction of sp³-hybridized carbons (Fsp3) is 0.273. The Morgan fingerprint density at radius 3 is 3.00 bits per heavy atom. The molecular formula is C11H11NO3. The van der Waals surface area contributed by atoms with E-state index in [0.29, 0.717) is 18.6 Å². The van der Waals surface area contributed by atoms with Gasteiger partial charge in [-0.3, -0.25) is 10.1 Å². The van der Waals surface area contributed by atoms with Gasteiger partial charge in [0.05, 0.1) is 11.5 Å². The van der Waals surface area contributed by atoms with Gasteiger partial charge in [0, 0.05) is 31.2 Å². The lowest BCUT2D eigenvalue weighted by Gasteiger charge is -1.92. The van der Waals surface area contributed by atoms with Crippen LogP contribution in [0.2, 0.25) is 0 Å². The Labute approximate surface area is 88.0 Å². The molecule has 0 bridgehead atoms. The van der Waals surface area contributed by atoms with Crippen LogP contribution in [0.1, 0.15) is 12.0 Å². The molecule has 4 heteroatoms. The zero-order valence-electron chi connectivity index (χ0n) is 8.40. The molecule has 15 heavy (non-hydrogen) atoms. The van der Waals surface area contributed by atoms with Crippen molar-refractivity contribution in [3.05, 3.63) is 39.9 Å². The Hall–Kier alpha value is -1.86. The van der Waals surface area contributed by atoms with E-state index < -0.39 is 4.92 Å². The zero-order chi connectivity index (χ0) is 11.1. The molecule has 0 fully saturated rings. The smallest absolute Gasteiger partial charge is 0.270 e. The van der Waals surface area contributed by atoms with Gasteiger partial charge in [0.2, 0.25) is 0 Å². The zero-order valence-corrected chi connectivity index (χ0v) is 8.40. The SMILES string of the molecule is COCCC#Cc1cccc([N+](=O)[O-])c1. The maximum atomic E-state index is 10.5. The largest absolute Gasteiger partial charge is 0.384 e. The van der Waals surface area contributed by atoms with Gasteiger partial charge in [-0.25, -0.2) is 0 Å². The molecule has 0 aliphatic carbocycles. The number of nitro groups is 1. The van der Waals surface area contributed by atoms with E-state index in [1.165, 1.54) is 12.1 Å². The van der Waals surface area contributed by atoms with Crippen LogP contribution in [0.4, 0.5) is 5.69 Å². The Morgan fingerprint density at radius 2 is 2.33 bits per heavy atom. The molecule has 0 atom stereocenters. The average Bonchev–Trinajstić information content (AvgIpc) is 2.25. The number of methoxy groups -OCH3 is 1. The van der Waals surface area contributed by atoms with Gasteiger partial charge < -0.3 is 4.74 Å². The van der Waals surface area contributed by atoms with Crippen LogP contribution in [0.5, 0.6) is 0 Å². The summed E-state index contributed by atoms with van der Waals surface area (Å²) in [6, 6.07) is 6.27. The predicted molar refractivity (Wildman–Crippen MR) is 56.5 cm³/mol. The minimum Gasteiger partial charge on any atom is -0.384 e. The number of ether oxygens (including phenoxy) is 1. The van der Waals surface area contributed by atoms with Crippen molar-refractivity contribution >= 4 is 5.69 Å². The van der Waals surface area contributed by atoms with E-state index in [4.69, 9.17) is 4.74 Å². The summed E-state index contributed by atoms with van der Waals surface area (Å²) >= 11 is 0. The number of hydrogen-bond acceptors (Lipinski definition) is 3. The Morgan fingerprint density at radius 1 is 1.53 bits per heavy atom. The molecule has 78 valence electrons. The second-order valence-electron chi connectivity index (χ2n) is 2.85. The molecule has 4 nitrogen and oxygen atoms in total. The van der Waals surface area contributed by atoms with Gasteiger partial charge in [-0.1, -0.05) is 17.9 Å². The number of non-ortho nitro benzene ring substituents is 1. The quantitative estimate of drug-likeness (QED) is 0.328. The summed E-state index contributed by atoms with van der Waals surface area (Å²) in [5.41, 5.74) is 0.717. The lowest BCUT2D eigenvalue weighted by Crippen LogP contribution is -1.88. The van der Waals surface area contributed by atoms with Crippen LogP contribution in [0.3, 0.4) is 0 Å².